The summed E-state index contributed by atoms with van der Waals surface area (Å²) < 4.78 is 27.8. The lowest BCUT2D eigenvalue weighted by molar-refractivity contribution is 0.126. The Morgan fingerprint density at radius 1 is 1.16 bits per heavy atom. The Hall–Kier alpha value is -1.01. The largest absolute Gasteiger partial charge is 0.302 e. The number of hydrogen-bond donors (Lipinski definition) is 0. The van der Waals surface area contributed by atoms with Crippen molar-refractivity contribution in [3.8, 4) is 11.3 Å². The standard InChI is InChI=1S/C13H9Br2F2NO/c14-8-4-5-9(10(15)6-8)11-2-1-3-13(19)18(11)7-12(16)17/h1-6,12H,7H2. The molecule has 2 aromatic rings. The highest BCUT2D eigenvalue weighted by Crippen LogP contribution is 2.30. The molecule has 0 unspecified atom stereocenters. The second kappa shape index (κ2) is 5.96. The van der Waals surface area contributed by atoms with Crippen LogP contribution in [0.15, 0.2) is 50.1 Å². The van der Waals surface area contributed by atoms with E-state index in [1.165, 1.54) is 6.07 Å². The molecule has 0 spiro atoms. The van der Waals surface area contributed by atoms with Crippen molar-refractivity contribution in [3.63, 3.8) is 0 Å². The van der Waals surface area contributed by atoms with E-state index in [1.54, 1.807) is 30.3 Å². The van der Waals surface area contributed by atoms with Gasteiger partial charge in [0.25, 0.3) is 12.0 Å². The molecule has 0 N–H and O–H groups in total. The summed E-state index contributed by atoms with van der Waals surface area (Å²) in [5.74, 6) is 0. The Balaban J connectivity index is 2.61. The molecule has 0 aliphatic carbocycles. The SMILES string of the molecule is O=c1cccc(-c2ccc(Br)cc2Br)n1CC(F)F. The molecular weight excluding hydrogens is 384 g/mol. The van der Waals surface area contributed by atoms with E-state index in [0.29, 0.717) is 11.3 Å². The molecule has 2 nitrogen and oxygen atoms in total. The van der Waals surface area contributed by atoms with Gasteiger partial charge < -0.3 is 4.57 Å². The van der Waals surface area contributed by atoms with Crippen molar-refractivity contribution in [2.24, 2.45) is 0 Å². The first kappa shape index (κ1) is 14.4. The van der Waals surface area contributed by atoms with E-state index in [4.69, 9.17) is 0 Å². The summed E-state index contributed by atoms with van der Waals surface area (Å²) >= 11 is 6.70. The van der Waals surface area contributed by atoms with Gasteiger partial charge in [-0.3, -0.25) is 4.79 Å². The van der Waals surface area contributed by atoms with Crippen LogP contribution >= 0.6 is 31.9 Å². The van der Waals surface area contributed by atoms with Gasteiger partial charge in [-0.1, -0.05) is 44.0 Å². The maximum Gasteiger partial charge on any atom is 0.256 e. The lowest BCUT2D eigenvalue weighted by Crippen LogP contribution is -2.23. The number of halogens is 4. The van der Waals surface area contributed by atoms with Gasteiger partial charge in [0.05, 0.1) is 12.2 Å². The van der Waals surface area contributed by atoms with Crippen molar-refractivity contribution in [3.05, 3.63) is 55.7 Å². The lowest BCUT2D eigenvalue weighted by atomic mass is 10.1. The third kappa shape index (κ3) is 3.30. The first-order chi connectivity index (χ1) is 8.99. The van der Waals surface area contributed by atoms with Crippen LogP contribution in [-0.2, 0) is 6.54 Å². The second-order valence-electron chi connectivity index (χ2n) is 3.88. The first-order valence-corrected chi connectivity index (χ1v) is 7.01. The number of hydrogen-bond acceptors (Lipinski definition) is 1. The fourth-order valence-corrected chi connectivity index (χ4v) is 3.03. The Morgan fingerprint density at radius 2 is 1.89 bits per heavy atom. The first-order valence-electron chi connectivity index (χ1n) is 5.42. The van der Waals surface area contributed by atoms with Crippen LogP contribution in [0.3, 0.4) is 0 Å². The van der Waals surface area contributed by atoms with E-state index >= 15 is 0 Å². The highest BCUT2D eigenvalue weighted by atomic mass is 79.9. The van der Waals surface area contributed by atoms with Gasteiger partial charge in [-0.25, -0.2) is 8.78 Å². The molecule has 0 atom stereocenters. The van der Waals surface area contributed by atoms with Crippen molar-refractivity contribution >= 4 is 31.9 Å². The predicted molar refractivity (Wildman–Crippen MR) is 77.5 cm³/mol. The average Bonchev–Trinajstić information content (AvgIpc) is 2.32. The summed E-state index contributed by atoms with van der Waals surface area (Å²) in [6.45, 7) is -0.614. The molecule has 6 heteroatoms. The number of alkyl halides is 2. The summed E-state index contributed by atoms with van der Waals surface area (Å²) in [4.78, 5) is 11.7. The van der Waals surface area contributed by atoms with Crippen LogP contribution in [0, 0.1) is 0 Å². The third-order valence-electron chi connectivity index (χ3n) is 2.58. The van der Waals surface area contributed by atoms with Crippen LogP contribution in [0.5, 0.6) is 0 Å². The van der Waals surface area contributed by atoms with Gasteiger partial charge in [0.2, 0.25) is 0 Å². The molecule has 1 aromatic heterocycles. The summed E-state index contributed by atoms with van der Waals surface area (Å²) in [5.41, 5.74) is 0.723. The van der Waals surface area contributed by atoms with E-state index in [-0.39, 0.29) is 0 Å². The van der Waals surface area contributed by atoms with Crippen LogP contribution in [0.2, 0.25) is 0 Å². The molecule has 0 amide bonds. The Morgan fingerprint density at radius 3 is 2.53 bits per heavy atom. The van der Waals surface area contributed by atoms with Crippen molar-refractivity contribution in [1.29, 1.82) is 0 Å². The molecule has 1 heterocycles. The molecule has 0 aliphatic heterocycles. The monoisotopic (exact) mass is 391 g/mol. The Labute approximate surface area is 125 Å². The molecule has 0 fully saturated rings. The smallest absolute Gasteiger partial charge is 0.256 e. The minimum absolute atomic E-state index is 0.437. The minimum atomic E-state index is -2.58. The highest BCUT2D eigenvalue weighted by Gasteiger charge is 2.13. The van der Waals surface area contributed by atoms with Crippen molar-refractivity contribution in [1.82, 2.24) is 4.57 Å². The molecule has 2 rings (SSSR count). The van der Waals surface area contributed by atoms with E-state index in [9.17, 15) is 13.6 Å². The maximum absolute atomic E-state index is 12.6. The van der Waals surface area contributed by atoms with E-state index in [2.05, 4.69) is 31.9 Å². The summed E-state index contributed by atoms with van der Waals surface area (Å²) in [5, 5.41) is 0. The molecule has 19 heavy (non-hydrogen) atoms. The van der Waals surface area contributed by atoms with Gasteiger partial charge in [0.1, 0.15) is 0 Å². The van der Waals surface area contributed by atoms with E-state index in [1.807, 2.05) is 0 Å². The zero-order chi connectivity index (χ0) is 14.0. The second-order valence-corrected chi connectivity index (χ2v) is 5.65. The topological polar surface area (TPSA) is 22.0 Å². The summed E-state index contributed by atoms with van der Waals surface area (Å²) in [6.07, 6.45) is -2.58. The van der Waals surface area contributed by atoms with Gasteiger partial charge in [-0.05, 0) is 18.2 Å². The molecule has 100 valence electrons. The van der Waals surface area contributed by atoms with Crippen molar-refractivity contribution in [2.45, 2.75) is 13.0 Å². The quantitative estimate of drug-likeness (QED) is 0.762. The number of rotatable bonds is 3. The molecule has 0 saturated heterocycles. The molecule has 0 aliphatic rings. The number of pyridine rings is 1. The van der Waals surface area contributed by atoms with Crippen LogP contribution in [0.25, 0.3) is 11.3 Å². The minimum Gasteiger partial charge on any atom is -0.302 e. The summed E-state index contributed by atoms with van der Waals surface area (Å²) in [7, 11) is 0. The number of aromatic nitrogens is 1. The van der Waals surface area contributed by atoms with Crippen molar-refractivity contribution < 1.29 is 8.78 Å². The zero-order valence-electron chi connectivity index (χ0n) is 9.62. The van der Waals surface area contributed by atoms with Gasteiger partial charge in [-0.2, -0.15) is 0 Å². The van der Waals surface area contributed by atoms with E-state index in [0.717, 1.165) is 13.5 Å². The molecule has 1 aromatic carbocycles. The van der Waals surface area contributed by atoms with Gasteiger partial charge in [0.15, 0.2) is 0 Å². The maximum atomic E-state index is 12.6. The van der Waals surface area contributed by atoms with Gasteiger partial charge in [-0.15, -0.1) is 0 Å². The number of benzene rings is 1. The number of nitrogens with zero attached hydrogens (tertiary/aromatic N) is 1. The van der Waals surface area contributed by atoms with Crippen LogP contribution < -0.4 is 5.56 Å². The Bertz CT molecular complexity index is 655. The fraction of sp³-hybridized carbons (Fsp3) is 0.154. The van der Waals surface area contributed by atoms with Gasteiger partial charge in [0, 0.05) is 20.6 Å². The van der Waals surface area contributed by atoms with E-state index < -0.39 is 18.5 Å². The summed E-state index contributed by atoms with van der Waals surface area (Å²) in [6, 6.07) is 9.86. The molecular formula is C13H9Br2F2NO. The lowest BCUT2D eigenvalue weighted by Gasteiger charge is -2.13. The molecule has 0 saturated carbocycles. The van der Waals surface area contributed by atoms with Crippen LogP contribution in [0.1, 0.15) is 0 Å². The highest BCUT2D eigenvalue weighted by molar-refractivity contribution is 9.11. The van der Waals surface area contributed by atoms with Crippen LogP contribution in [-0.4, -0.2) is 11.0 Å². The normalized spacial score (nSPS) is 11.0. The predicted octanol–water partition coefficient (Wildman–Crippen LogP) is 4.31. The fourth-order valence-electron chi connectivity index (χ4n) is 1.78. The third-order valence-corrected chi connectivity index (χ3v) is 3.73. The van der Waals surface area contributed by atoms with Crippen molar-refractivity contribution in [2.75, 3.05) is 0 Å². The Kier molecular flexibility index (Phi) is 4.52. The van der Waals surface area contributed by atoms with Gasteiger partial charge >= 0.3 is 0 Å². The van der Waals surface area contributed by atoms with Crippen LogP contribution in [0.4, 0.5) is 8.78 Å². The zero-order valence-corrected chi connectivity index (χ0v) is 12.8. The average molecular weight is 393 g/mol. The molecule has 0 radical (unpaired) electrons. The molecule has 0 bridgehead atoms.